The van der Waals surface area contributed by atoms with E-state index >= 15 is 0 Å². The molecule has 3 aromatic rings. The highest BCUT2D eigenvalue weighted by molar-refractivity contribution is 5.76. The maximum Gasteiger partial charge on any atom is 0.490 e. The van der Waals surface area contributed by atoms with Crippen LogP contribution in [0.4, 0.5) is 5.95 Å². The molecule has 1 heterocycles. The highest BCUT2D eigenvalue weighted by Gasteiger charge is 2.16. The minimum Gasteiger partial charge on any atom is -0.390 e. The van der Waals surface area contributed by atoms with E-state index in [9.17, 15) is 14.9 Å². The lowest BCUT2D eigenvalue weighted by molar-refractivity contribution is -0.394. The molecule has 1 N–H and O–H groups in total. The number of nitrogens with one attached hydrogen (secondary N) is 1. The van der Waals surface area contributed by atoms with Gasteiger partial charge in [0.15, 0.2) is 0 Å². The van der Waals surface area contributed by atoms with Crippen LogP contribution in [0.1, 0.15) is 18.5 Å². The Hall–Kier alpha value is -3.55. The monoisotopic (exact) mass is 351 g/mol. The van der Waals surface area contributed by atoms with Crippen molar-refractivity contribution in [1.82, 2.24) is 20.1 Å². The van der Waals surface area contributed by atoms with Crippen molar-refractivity contribution < 1.29 is 9.72 Å². The third-order valence-corrected chi connectivity index (χ3v) is 3.89. The van der Waals surface area contributed by atoms with E-state index in [1.807, 2.05) is 61.5 Å². The van der Waals surface area contributed by atoms with Gasteiger partial charge in [-0.1, -0.05) is 59.6 Å². The second kappa shape index (κ2) is 7.56. The van der Waals surface area contributed by atoms with Gasteiger partial charge in [-0.3, -0.25) is 4.79 Å². The van der Waals surface area contributed by atoms with Crippen molar-refractivity contribution in [3.05, 3.63) is 76.6 Å². The highest BCUT2D eigenvalue weighted by atomic mass is 16.6. The lowest BCUT2D eigenvalue weighted by Gasteiger charge is -2.14. The molecule has 0 saturated heterocycles. The van der Waals surface area contributed by atoms with E-state index in [1.54, 1.807) is 0 Å². The van der Waals surface area contributed by atoms with Crippen molar-refractivity contribution in [1.29, 1.82) is 0 Å². The molecule has 0 fully saturated rings. The Balaban J connectivity index is 1.61. The van der Waals surface area contributed by atoms with Gasteiger partial charge in [-0.25, -0.2) is 0 Å². The first-order valence-electron chi connectivity index (χ1n) is 8.01. The zero-order valence-corrected chi connectivity index (χ0v) is 14.1. The molecule has 8 heteroatoms. The summed E-state index contributed by atoms with van der Waals surface area (Å²) in [4.78, 5) is 25.5. The molecule has 1 aromatic heterocycles. The Kier molecular flexibility index (Phi) is 5.02. The molecule has 0 radical (unpaired) electrons. The molecular weight excluding hydrogens is 334 g/mol. The zero-order valence-electron chi connectivity index (χ0n) is 14.1. The normalized spacial score (nSPS) is 11.7. The zero-order chi connectivity index (χ0) is 18.5. The van der Waals surface area contributed by atoms with Gasteiger partial charge in [-0.05, 0) is 28.5 Å². The standard InChI is InChI=1S/C18H17N5O3/c1-13(20-17(24)11-22-12-19-18(21-22)23(25)26)14-7-9-16(10-8-14)15-5-3-2-4-6-15/h2-10,12-13H,11H2,1H3,(H,20,24). The Morgan fingerprint density at radius 3 is 2.42 bits per heavy atom. The smallest absolute Gasteiger partial charge is 0.390 e. The van der Waals surface area contributed by atoms with Crippen LogP contribution in [0.2, 0.25) is 0 Å². The van der Waals surface area contributed by atoms with Gasteiger partial charge in [0.25, 0.3) is 0 Å². The van der Waals surface area contributed by atoms with E-state index in [4.69, 9.17) is 0 Å². The van der Waals surface area contributed by atoms with Crippen LogP contribution in [0.25, 0.3) is 11.1 Å². The fourth-order valence-corrected chi connectivity index (χ4v) is 2.56. The van der Waals surface area contributed by atoms with Crippen molar-refractivity contribution >= 4 is 11.9 Å². The summed E-state index contributed by atoms with van der Waals surface area (Å²) in [6, 6.07) is 17.8. The van der Waals surface area contributed by atoms with E-state index in [0.717, 1.165) is 27.7 Å². The Bertz CT molecular complexity index is 906. The summed E-state index contributed by atoms with van der Waals surface area (Å²) >= 11 is 0. The minimum absolute atomic E-state index is 0.132. The van der Waals surface area contributed by atoms with E-state index in [1.165, 1.54) is 0 Å². The number of aromatic nitrogens is 3. The average Bonchev–Trinajstić information content (AvgIpc) is 3.11. The quantitative estimate of drug-likeness (QED) is 0.543. The number of carbonyl (C=O) groups is 1. The summed E-state index contributed by atoms with van der Waals surface area (Å²) in [6.07, 6.45) is 1.16. The van der Waals surface area contributed by atoms with Gasteiger partial charge in [0.1, 0.15) is 6.54 Å². The van der Waals surface area contributed by atoms with Crippen molar-refractivity contribution in [3.8, 4) is 11.1 Å². The van der Waals surface area contributed by atoms with Crippen molar-refractivity contribution in [3.63, 3.8) is 0 Å². The van der Waals surface area contributed by atoms with Gasteiger partial charge in [0, 0.05) is 5.10 Å². The molecule has 1 amide bonds. The van der Waals surface area contributed by atoms with Gasteiger partial charge in [-0.15, -0.1) is 0 Å². The van der Waals surface area contributed by atoms with Crippen LogP contribution in [0.5, 0.6) is 0 Å². The first-order chi connectivity index (χ1) is 12.5. The van der Waals surface area contributed by atoms with Crippen LogP contribution in [0.15, 0.2) is 60.9 Å². The Morgan fingerprint density at radius 2 is 1.81 bits per heavy atom. The van der Waals surface area contributed by atoms with Gasteiger partial charge in [0.05, 0.1) is 6.04 Å². The molecule has 0 saturated carbocycles. The van der Waals surface area contributed by atoms with Gasteiger partial charge >= 0.3 is 5.95 Å². The first-order valence-corrected chi connectivity index (χ1v) is 8.01. The maximum atomic E-state index is 12.1. The SMILES string of the molecule is CC(NC(=O)Cn1cnc([N+](=O)[O-])n1)c1ccc(-c2ccccc2)cc1. The van der Waals surface area contributed by atoms with E-state index in [0.29, 0.717) is 0 Å². The number of hydrogen-bond acceptors (Lipinski definition) is 5. The number of amides is 1. The summed E-state index contributed by atoms with van der Waals surface area (Å²) in [5.74, 6) is -0.827. The van der Waals surface area contributed by atoms with Crippen molar-refractivity contribution in [2.24, 2.45) is 0 Å². The third-order valence-electron chi connectivity index (χ3n) is 3.89. The molecule has 132 valence electrons. The maximum absolute atomic E-state index is 12.1. The number of nitrogens with zero attached hydrogens (tertiary/aromatic N) is 4. The number of carbonyl (C=O) groups excluding carboxylic acids is 1. The number of hydrogen-bond donors (Lipinski definition) is 1. The summed E-state index contributed by atoms with van der Waals surface area (Å²) in [6.45, 7) is 1.74. The fraction of sp³-hybridized carbons (Fsp3) is 0.167. The van der Waals surface area contributed by atoms with Gasteiger partial charge in [0.2, 0.25) is 12.2 Å². The largest absolute Gasteiger partial charge is 0.490 e. The van der Waals surface area contributed by atoms with E-state index < -0.39 is 10.9 Å². The number of rotatable bonds is 6. The van der Waals surface area contributed by atoms with Gasteiger partial charge < -0.3 is 15.4 Å². The molecule has 0 aliphatic carbocycles. The Labute approximate surface area is 149 Å². The predicted molar refractivity (Wildman–Crippen MR) is 95.1 cm³/mol. The van der Waals surface area contributed by atoms with E-state index in [-0.39, 0.29) is 18.5 Å². The molecule has 2 aromatic carbocycles. The second-order valence-corrected chi connectivity index (χ2v) is 5.78. The van der Waals surface area contributed by atoms with Crippen LogP contribution in [-0.2, 0) is 11.3 Å². The molecule has 26 heavy (non-hydrogen) atoms. The van der Waals surface area contributed by atoms with E-state index in [2.05, 4.69) is 15.4 Å². The number of nitro groups is 1. The summed E-state index contributed by atoms with van der Waals surface area (Å²) in [5, 5.41) is 17.0. The molecule has 8 nitrogen and oxygen atoms in total. The first kappa shape index (κ1) is 17.3. The summed E-state index contributed by atoms with van der Waals surface area (Å²) in [5.41, 5.74) is 3.19. The molecule has 0 aliphatic heterocycles. The van der Waals surface area contributed by atoms with Crippen LogP contribution < -0.4 is 5.32 Å². The molecule has 1 unspecified atom stereocenters. The molecule has 3 rings (SSSR count). The number of benzene rings is 2. The Morgan fingerprint density at radius 1 is 1.15 bits per heavy atom. The molecule has 1 atom stereocenters. The van der Waals surface area contributed by atoms with Crippen molar-refractivity contribution in [2.75, 3.05) is 0 Å². The molecular formula is C18H17N5O3. The lowest BCUT2D eigenvalue weighted by atomic mass is 10.0. The lowest BCUT2D eigenvalue weighted by Crippen LogP contribution is -2.30. The summed E-state index contributed by atoms with van der Waals surface area (Å²) < 4.78 is 1.14. The highest BCUT2D eigenvalue weighted by Crippen LogP contribution is 2.21. The molecule has 0 aliphatic rings. The van der Waals surface area contributed by atoms with Gasteiger partial charge in [-0.2, -0.15) is 4.68 Å². The fourth-order valence-electron chi connectivity index (χ4n) is 2.56. The second-order valence-electron chi connectivity index (χ2n) is 5.78. The minimum atomic E-state index is -0.703. The van der Waals surface area contributed by atoms with Crippen LogP contribution in [0, 0.1) is 10.1 Å². The topological polar surface area (TPSA) is 103 Å². The predicted octanol–water partition coefficient (Wildman–Crippen LogP) is 2.73. The molecule has 0 spiro atoms. The molecule has 0 bridgehead atoms. The third kappa shape index (κ3) is 4.10. The van der Waals surface area contributed by atoms with Crippen LogP contribution in [-0.4, -0.2) is 25.6 Å². The average molecular weight is 351 g/mol. The summed E-state index contributed by atoms with van der Waals surface area (Å²) in [7, 11) is 0. The van der Waals surface area contributed by atoms with Crippen molar-refractivity contribution in [2.45, 2.75) is 19.5 Å². The van der Waals surface area contributed by atoms with Crippen LogP contribution in [0.3, 0.4) is 0 Å². The van der Waals surface area contributed by atoms with Crippen LogP contribution >= 0.6 is 0 Å².